The molecular formula is C10H14F3N. The molecule has 0 spiro atoms. The molecule has 0 bridgehead atoms. The second kappa shape index (κ2) is 3.33. The van der Waals surface area contributed by atoms with Crippen molar-refractivity contribution < 1.29 is 13.2 Å². The largest absolute Gasteiger partial charge is 0.396 e. The minimum absolute atomic E-state index is 0.688. The van der Waals surface area contributed by atoms with Crippen molar-refractivity contribution in [1.29, 1.82) is 0 Å². The quantitative estimate of drug-likeness (QED) is 0.693. The summed E-state index contributed by atoms with van der Waals surface area (Å²) in [6, 6.07) is -0.688. The highest BCUT2D eigenvalue weighted by atomic mass is 19.4. The van der Waals surface area contributed by atoms with E-state index in [1.54, 1.807) is 25.3 Å². The molecule has 1 aliphatic heterocycles. The lowest BCUT2D eigenvalue weighted by Gasteiger charge is -2.36. The topological polar surface area (TPSA) is 12.0 Å². The molecule has 1 aliphatic rings. The van der Waals surface area contributed by atoms with E-state index < -0.39 is 17.6 Å². The molecule has 4 heteroatoms. The lowest BCUT2D eigenvalue weighted by molar-refractivity contribution is -0.216. The number of hydrogen-bond donors (Lipinski definition) is 1. The van der Waals surface area contributed by atoms with Gasteiger partial charge in [-0.25, -0.2) is 0 Å². The molecule has 0 aromatic heterocycles. The highest BCUT2D eigenvalue weighted by Gasteiger charge is 2.51. The van der Waals surface area contributed by atoms with Crippen LogP contribution in [-0.4, -0.2) is 12.2 Å². The SMILES string of the molecule is CC1=CC(C(C)(C)C(F)(F)F)NC=C1. The van der Waals surface area contributed by atoms with Gasteiger partial charge in [-0.1, -0.05) is 11.6 Å². The van der Waals surface area contributed by atoms with Gasteiger partial charge < -0.3 is 5.32 Å². The molecular weight excluding hydrogens is 191 g/mol. The molecule has 1 atom stereocenters. The van der Waals surface area contributed by atoms with Crippen LogP contribution in [0.3, 0.4) is 0 Å². The van der Waals surface area contributed by atoms with E-state index in [1.165, 1.54) is 13.8 Å². The number of alkyl halides is 3. The van der Waals surface area contributed by atoms with Crippen molar-refractivity contribution in [2.75, 3.05) is 0 Å². The van der Waals surface area contributed by atoms with Crippen molar-refractivity contribution >= 4 is 0 Å². The zero-order valence-electron chi connectivity index (χ0n) is 8.44. The standard InChI is InChI=1S/C10H14F3N/c1-7-4-5-14-8(6-7)9(2,3)10(11,12)13/h4-6,8,14H,1-3H3. The highest BCUT2D eigenvalue weighted by Crippen LogP contribution is 2.41. The number of halogens is 3. The minimum Gasteiger partial charge on any atom is -0.384 e. The van der Waals surface area contributed by atoms with Gasteiger partial charge in [-0.15, -0.1) is 0 Å². The minimum atomic E-state index is -4.20. The number of allylic oxidation sites excluding steroid dienone is 2. The molecule has 0 radical (unpaired) electrons. The van der Waals surface area contributed by atoms with Crippen LogP contribution >= 0.6 is 0 Å². The Balaban J connectivity index is 2.90. The van der Waals surface area contributed by atoms with Gasteiger partial charge in [0.1, 0.15) is 0 Å². The predicted octanol–water partition coefficient (Wildman–Crippen LogP) is 3.01. The van der Waals surface area contributed by atoms with Crippen molar-refractivity contribution in [2.45, 2.75) is 33.0 Å². The van der Waals surface area contributed by atoms with Crippen molar-refractivity contribution in [1.82, 2.24) is 5.32 Å². The van der Waals surface area contributed by atoms with Crippen LogP contribution in [0.1, 0.15) is 20.8 Å². The van der Waals surface area contributed by atoms with Gasteiger partial charge >= 0.3 is 6.18 Å². The van der Waals surface area contributed by atoms with Crippen LogP contribution in [-0.2, 0) is 0 Å². The lowest BCUT2D eigenvalue weighted by Crippen LogP contribution is -2.48. The Bertz CT molecular complexity index is 274. The molecule has 0 aliphatic carbocycles. The predicted molar refractivity (Wildman–Crippen MR) is 49.7 cm³/mol. The summed E-state index contributed by atoms with van der Waals surface area (Å²) < 4.78 is 38.0. The average molecular weight is 205 g/mol. The van der Waals surface area contributed by atoms with E-state index in [2.05, 4.69) is 5.32 Å². The summed E-state index contributed by atoms with van der Waals surface area (Å²) in [5, 5.41) is 2.72. The van der Waals surface area contributed by atoms with Crippen LogP contribution in [0.15, 0.2) is 23.9 Å². The van der Waals surface area contributed by atoms with Crippen LogP contribution in [0.2, 0.25) is 0 Å². The normalized spacial score (nSPS) is 23.0. The molecule has 14 heavy (non-hydrogen) atoms. The van der Waals surface area contributed by atoms with E-state index in [1.807, 2.05) is 0 Å². The zero-order chi connectivity index (χ0) is 11.0. The van der Waals surface area contributed by atoms with Crippen molar-refractivity contribution in [2.24, 2.45) is 5.41 Å². The first-order valence-electron chi connectivity index (χ1n) is 4.43. The summed E-state index contributed by atoms with van der Waals surface area (Å²) in [5.41, 5.74) is -0.898. The second-order valence-electron chi connectivity index (χ2n) is 4.11. The Morgan fingerprint density at radius 3 is 2.29 bits per heavy atom. The number of rotatable bonds is 1. The van der Waals surface area contributed by atoms with Gasteiger partial charge in [0.15, 0.2) is 0 Å². The van der Waals surface area contributed by atoms with E-state index in [4.69, 9.17) is 0 Å². The van der Waals surface area contributed by atoms with Gasteiger partial charge in [-0.05, 0) is 33.0 Å². The molecule has 1 unspecified atom stereocenters. The van der Waals surface area contributed by atoms with Gasteiger partial charge in [-0.3, -0.25) is 0 Å². The maximum Gasteiger partial charge on any atom is 0.396 e. The smallest absolute Gasteiger partial charge is 0.384 e. The first-order chi connectivity index (χ1) is 6.25. The first kappa shape index (κ1) is 11.1. The summed E-state index contributed by atoms with van der Waals surface area (Å²) in [5.74, 6) is 0. The maximum atomic E-state index is 12.7. The molecule has 1 heterocycles. The third-order valence-corrected chi connectivity index (χ3v) is 2.56. The molecule has 0 aromatic carbocycles. The Morgan fingerprint density at radius 1 is 1.29 bits per heavy atom. The highest BCUT2D eigenvalue weighted by molar-refractivity contribution is 5.24. The Morgan fingerprint density at radius 2 is 1.86 bits per heavy atom. The summed E-state index contributed by atoms with van der Waals surface area (Å²) in [4.78, 5) is 0. The van der Waals surface area contributed by atoms with Crippen LogP contribution in [0.5, 0.6) is 0 Å². The molecule has 0 aromatic rings. The summed E-state index contributed by atoms with van der Waals surface area (Å²) in [6.07, 6.45) is 0.719. The molecule has 1 nitrogen and oxygen atoms in total. The molecule has 0 saturated heterocycles. The monoisotopic (exact) mass is 205 g/mol. The Kier molecular flexibility index (Phi) is 2.65. The van der Waals surface area contributed by atoms with Gasteiger partial charge in [0.05, 0.1) is 11.5 Å². The van der Waals surface area contributed by atoms with E-state index in [0.717, 1.165) is 5.57 Å². The number of dihydropyridines is 1. The van der Waals surface area contributed by atoms with E-state index >= 15 is 0 Å². The summed E-state index contributed by atoms with van der Waals surface area (Å²) in [6.45, 7) is 4.19. The third kappa shape index (κ3) is 1.94. The zero-order valence-corrected chi connectivity index (χ0v) is 8.44. The summed E-state index contributed by atoms with van der Waals surface area (Å²) >= 11 is 0. The second-order valence-corrected chi connectivity index (χ2v) is 4.11. The Labute approximate surface area is 81.7 Å². The maximum absolute atomic E-state index is 12.7. The lowest BCUT2D eigenvalue weighted by atomic mass is 9.82. The fraction of sp³-hybridized carbons (Fsp3) is 0.600. The first-order valence-corrected chi connectivity index (χ1v) is 4.43. The van der Waals surface area contributed by atoms with Crippen LogP contribution in [0.4, 0.5) is 13.2 Å². The van der Waals surface area contributed by atoms with Crippen molar-refractivity contribution in [3.8, 4) is 0 Å². The summed E-state index contributed by atoms with van der Waals surface area (Å²) in [7, 11) is 0. The number of hydrogen-bond acceptors (Lipinski definition) is 1. The van der Waals surface area contributed by atoms with E-state index in [-0.39, 0.29) is 0 Å². The van der Waals surface area contributed by atoms with E-state index in [0.29, 0.717) is 0 Å². The molecule has 80 valence electrons. The van der Waals surface area contributed by atoms with Gasteiger partial charge in [0, 0.05) is 0 Å². The molecule has 1 N–H and O–H groups in total. The fourth-order valence-electron chi connectivity index (χ4n) is 1.24. The van der Waals surface area contributed by atoms with Crippen LogP contribution in [0, 0.1) is 5.41 Å². The Hall–Kier alpha value is -0.930. The van der Waals surface area contributed by atoms with Gasteiger partial charge in [0.2, 0.25) is 0 Å². The number of nitrogens with one attached hydrogen (secondary N) is 1. The van der Waals surface area contributed by atoms with Crippen LogP contribution < -0.4 is 5.32 Å². The molecule has 0 fully saturated rings. The fourth-order valence-corrected chi connectivity index (χ4v) is 1.24. The van der Waals surface area contributed by atoms with Crippen LogP contribution in [0.25, 0.3) is 0 Å². The third-order valence-electron chi connectivity index (χ3n) is 2.56. The van der Waals surface area contributed by atoms with Crippen molar-refractivity contribution in [3.05, 3.63) is 23.9 Å². The molecule has 0 amide bonds. The van der Waals surface area contributed by atoms with E-state index in [9.17, 15) is 13.2 Å². The molecule has 0 saturated carbocycles. The average Bonchev–Trinajstić information content (AvgIpc) is 2.02. The molecule has 1 rings (SSSR count). The van der Waals surface area contributed by atoms with Crippen molar-refractivity contribution in [3.63, 3.8) is 0 Å². The van der Waals surface area contributed by atoms with Gasteiger partial charge in [0.25, 0.3) is 0 Å². The van der Waals surface area contributed by atoms with Gasteiger partial charge in [-0.2, -0.15) is 13.2 Å².